The van der Waals surface area contributed by atoms with E-state index in [1.165, 1.54) is 19.1 Å². The predicted molar refractivity (Wildman–Crippen MR) is 85.2 cm³/mol. The molecule has 0 fully saturated rings. The first-order valence-corrected chi connectivity index (χ1v) is 7.42. The molecule has 0 aliphatic carbocycles. The quantitative estimate of drug-likeness (QED) is 0.809. The van der Waals surface area contributed by atoms with Crippen LogP contribution >= 0.6 is 0 Å². The van der Waals surface area contributed by atoms with Crippen molar-refractivity contribution in [3.05, 3.63) is 65.2 Å². The average molecular weight is 351 g/mol. The number of amides is 1. The monoisotopic (exact) mass is 351 g/mol. The number of carbonyl (C=O) groups is 2. The van der Waals surface area contributed by atoms with Crippen molar-refractivity contribution in [1.29, 1.82) is 0 Å². The molecule has 0 spiro atoms. The van der Waals surface area contributed by atoms with Gasteiger partial charge in [-0.2, -0.15) is 13.2 Å². The largest absolute Gasteiger partial charge is 0.484 e. The van der Waals surface area contributed by atoms with Crippen LogP contribution in [0, 0.1) is 0 Å². The Kier molecular flexibility index (Phi) is 5.80. The second kappa shape index (κ2) is 7.83. The fourth-order valence-electron chi connectivity index (χ4n) is 2.00. The molecule has 25 heavy (non-hydrogen) atoms. The van der Waals surface area contributed by atoms with Crippen LogP contribution in [0.2, 0.25) is 0 Å². The van der Waals surface area contributed by atoms with Gasteiger partial charge in [-0.05, 0) is 48.9 Å². The molecular formula is C18H16F3NO3. The van der Waals surface area contributed by atoms with E-state index in [-0.39, 0.29) is 18.9 Å². The number of hydrogen-bond acceptors (Lipinski definition) is 3. The lowest BCUT2D eigenvalue weighted by Crippen LogP contribution is -2.28. The number of rotatable bonds is 6. The molecule has 132 valence electrons. The zero-order chi connectivity index (χ0) is 18.4. The van der Waals surface area contributed by atoms with Gasteiger partial charge in [0.25, 0.3) is 5.91 Å². The molecular weight excluding hydrogens is 335 g/mol. The van der Waals surface area contributed by atoms with Crippen LogP contribution in [0.15, 0.2) is 48.5 Å². The first kappa shape index (κ1) is 18.5. The third-order valence-electron chi connectivity index (χ3n) is 3.40. The lowest BCUT2D eigenvalue weighted by Gasteiger charge is -2.09. The fraction of sp³-hybridized carbons (Fsp3) is 0.222. The molecule has 7 heteroatoms. The maximum absolute atomic E-state index is 12.5. The number of ketones is 1. The van der Waals surface area contributed by atoms with E-state index in [1.54, 1.807) is 24.3 Å². The van der Waals surface area contributed by atoms with Crippen molar-refractivity contribution in [2.24, 2.45) is 0 Å². The van der Waals surface area contributed by atoms with Crippen LogP contribution in [0.25, 0.3) is 0 Å². The Labute approximate surface area is 142 Å². The lowest BCUT2D eigenvalue weighted by atomic mass is 10.1. The average Bonchev–Trinajstić information content (AvgIpc) is 2.58. The van der Waals surface area contributed by atoms with Crippen molar-refractivity contribution in [2.45, 2.75) is 19.6 Å². The van der Waals surface area contributed by atoms with Crippen LogP contribution in [0.3, 0.4) is 0 Å². The lowest BCUT2D eigenvalue weighted by molar-refractivity contribution is -0.137. The molecule has 2 aromatic carbocycles. The maximum Gasteiger partial charge on any atom is 0.416 e. The summed E-state index contributed by atoms with van der Waals surface area (Å²) >= 11 is 0. The minimum atomic E-state index is -4.38. The number of nitrogens with one attached hydrogen (secondary N) is 1. The van der Waals surface area contributed by atoms with E-state index < -0.39 is 17.6 Å². The highest BCUT2D eigenvalue weighted by Gasteiger charge is 2.29. The Morgan fingerprint density at radius 1 is 1.00 bits per heavy atom. The summed E-state index contributed by atoms with van der Waals surface area (Å²) in [6.45, 7) is 1.31. The Bertz CT molecular complexity index is 738. The van der Waals surface area contributed by atoms with E-state index in [0.29, 0.717) is 16.9 Å². The molecule has 0 atom stereocenters. The number of carbonyl (C=O) groups excluding carboxylic acids is 2. The van der Waals surface area contributed by atoms with Gasteiger partial charge in [0, 0.05) is 12.1 Å². The molecule has 0 aliphatic rings. The predicted octanol–water partition coefficient (Wildman–Crippen LogP) is 3.60. The van der Waals surface area contributed by atoms with Crippen LogP contribution < -0.4 is 10.1 Å². The summed E-state index contributed by atoms with van der Waals surface area (Å²) in [4.78, 5) is 22.9. The number of alkyl halides is 3. The van der Waals surface area contributed by atoms with Gasteiger partial charge in [0.05, 0.1) is 5.56 Å². The van der Waals surface area contributed by atoms with Gasteiger partial charge < -0.3 is 10.1 Å². The summed E-state index contributed by atoms with van der Waals surface area (Å²) in [5.41, 5.74) is 0.353. The molecule has 2 aromatic rings. The molecule has 0 aliphatic heterocycles. The van der Waals surface area contributed by atoms with Crippen molar-refractivity contribution >= 4 is 11.7 Å². The van der Waals surface area contributed by atoms with Gasteiger partial charge in [-0.15, -0.1) is 0 Å². The summed E-state index contributed by atoms with van der Waals surface area (Å²) in [5, 5.41) is 2.56. The zero-order valence-electron chi connectivity index (χ0n) is 13.4. The van der Waals surface area contributed by atoms with E-state index in [0.717, 1.165) is 12.1 Å². The van der Waals surface area contributed by atoms with E-state index in [9.17, 15) is 22.8 Å². The number of Topliss-reactive ketones (excluding diaryl/α,β-unsaturated/α-hetero) is 1. The molecule has 0 heterocycles. The van der Waals surface area contributed by atoms with Gasteiger partial charge in [-0.1, -0.05) is 12.1 Å². The first-order chi connectivity index (χ1) is 11.8. The molecule has 0 saturated carbocycles. The normalized spacial score (nSPS) is 11.0. The zero-order valence-corrected chi connectivity index (χ0v) is 13.4. The molecule has 0 aromatic heterocycles. The molecule has 1 N–H and O–H groups in total. The summed E-state index contributed by atoms with van der Waals surface area (Å²) in [6, 6.07) is 10.9. The smallest absolute Gasteiger partial charge is 0.416 e. The van der Waals surface area contributed by atoms with Crippen molar-refractivity contribution in [3.63, 3.8) is 0 Å². The second-order valence-corrected chi connectivity index (χ2v) is 5.34. The van der Waals surface area contributed by atoms with Crippen molar-refractivity contribution < 1.29 is 27.5 Å². The van der Waals surface area contributed by atoms with Crippen molar-refractivity contribution in [2.75, 3.05) is 6.61 Å². The standard InChI is InChI=1S/C18H16F3NO3/c1-12(23)14-4-8-16(9-5-14)25-11-17(24)22-10-13-2-6-15(7-3-13)18(19,20)21/h2-9H,10-11H2,1H3,(H,22,24). The third kappa shape index (κ3) is 5.63. The topological polar surface area (TPSA) is 55.4 Å². The minimum absolute atomic E-state index is 0.0687. The van der Waals surface area contributed by atoms with Crippen molar-refractivity contribution in [3.8, 4) is 5.75 Å². The number of halogens is 3. The van der Waals surface area contributed by atoms with Gasteiger partial charge in [0.15, 0.2) is 12.4 Å². The fourth-order valence-corrected chi connectivity index (χ4v) is 2.00. The third-order valence-corrected chi connectivity index (χ3v) is 3.40. The van der Waals surface area contributed by atoms with Crippen LogP contribution in [0.1, 0.15) is 28.4 Å². The van der Waals surface area contributed by atoms with Crippen LogP contribution in [-0.2, 0) is 17.5 Å². The van der Waals surface area contributed by atoms with E-state index in [2.05, 4.69) is 5.32 Å². The summed E-state index contributed by atoms with van der Waals surface area (Å²) in [6.07, 6.45) is -4.38. The molecule has 0 saturated heterocycles. The Morgan fingerprint density at radius 3 is 2.12 bits per heavy atom. The van der Waals surface area contributed by atoms with Gasteiger partial charge in [-0.25, -0.2) is 0 Å². The van der Waals surface area contributed by atoms with E-state index in [1.807, 2.05) is 0 Å². The SMILES string of the molecule is CC(=O)c1ccc(OCC(=O)NCc2ccc(C(F)(F)F)cc2)cc1. The number of hydrogen-bond donors (Lipinski definition) is 1. The first-order valence-electron chi connectivity index (χ1n) is 7.42. The molecule has 2 rings (SSSR count). The Balaban J connectivity index is 1.79. The Morgan fingerprint density at radius 2 is 1.60 bits per heavy atom. The molecule has 0 unspecified atom stereocenters. The second-order valence-electron chi connectivity index (χ2n) is 5.34. The van der Waals surface area contributed by atoms with E-state index >= 15 is 0 Å². The number of ether oxygens (including phenoxy) is 1. The summed E-state index contributed by atoms with van der Waals surface area (Å²) in [7, 11) is 0. The molecule has 0 bridgehead atoms. The summed E-state index contributed by atoms with van der Waals surface area (Å²) < 4.78 is 42.7. The highest BCUT2D eigenvalue weighted by Crippen LogP contribution is 2.29. The minimum Gasteiger partial charge on any atom is -0.484 e. The van der Waals surface area contributed by atoms with Crippen LogP contribution in [0.5, 0.6) is 5.75 Å². The van der Waals surface area contributed by atoms with Gasteiger partial charge in [-0.3, -0.25) is 9.59 Å². The van der Waals surface area contributed by atoms with Gasteiger partial charge in [0.2, 0.25) is 0 Å². The van der Waals surface area contributed by atoms with Gasteiger partial charge in [0.1, 0.15) is 5.75 Å². The van der Waals surface area contributed by atoms with Gasteiger partial charge >= 0.3 is 6.18 Å². The highest BCUT2D eigenvalue weighted by atomic mass is 19.4. The van der Waals surface area contributed by atoms with Crippen molar-refractivity contribution in [1.82, 2.24) is 5.32 Å². The maximum atomic E-state index is 12.5. The Hall–Kier alpha value is -2.83. The molecule has 1 amide bonds. The van der Waals surface area contributed by atoms with E-state index in [4.69, 9.17) is 4.74 Å². The number of benzene rings is 2. The van der Waals surface area contributed by atoms with Crippen LogP contribution in [0.4, 0.5) is 13.2 Å². The molecule has 4 nitrogen and oxygen atoms in total. The summed E-state index contributed by atoms with van der Waals surface area (Å²) in [5.74, 6) is -0.0361. The highest BCUT2D eigenvalue weighted by molar-refractivity contribution is 5.94. The molecule has 0 radical (unpaired) electrons. The van der Waals surface area contributed by atoms with Crippen LogP contribution in [-0.4, -0.2) is 18.3 Å².